The van der Waals surface area contributed by atoms with Gasteiger partial charge in [0.05, 0.1) is 0 Å². The Morgan fingerprint density at radius 1 is 1.67 bits per heavy atom. The van der Waals surface area contributed by atoms with Crippen LogP contribution in [-0.4, -0.2) is 48.5 Å². The summed E-state index contributed by atoms with van der Waals surface area (Å²) in [6.07, 6.45) is 0. The molecule has 2 saturated heterocycles. The first kappa shape index (κ1) is 10.2. The minimum atomic E-state index is -1.03. The number of amides is 1. The number of thioether (sulfide) groups is 1. The minimum Gasteiger partial charge on any atom is -0.480 e. The standard InChI is InChI=1S/C8H9N3O3S/c1-8(2)4(7(13)14)11-5(12)3(10-9)6(11)15-8/h4,6H,1-2H3,(H,13,14)/t4-,6+/m0/s1. The topological polar surface area (TPSA) is 94.0 Å². The van der Waals surface area contributed by atoms with Crippen molar-refractivity contribution in [2.75, 3.05) is 0 Å². The fourth-order valence-corrected chi connectivity index (χ4v) is 3.48. The molecule has 2 aliphatic rings. The number of hydrogen-bond acceptors (Lipinski definition) is 3. The predicted molar refractivity (Wildman–Crippen MR) is 52.4 cm³/mol. The fraction of sp³-hybridized carbons (Fsp3) is 0.625. The van der Waals surface area contributed by atoms with Crippen molar-refractivity contribution in [1.82, 2.24) is 4.90 Å². The zero-order chi connectivity index (χ0) is 11.4. The summed E-state index contributed by atoms with van der Waals surface area (Å²) in [5.74, 6) is -1.52. The van der Waals surface area contributed by atoms with Crippen molar-refractivity contribution < 1.29 is 19.5 Å². The Hall–Kier alpha value is -1.33. The quantitative estimate of drug-likeness (QED) is 0.381. The van der Waals surface area contributed by atoms with Crippen molar-refractivity contribution >= 4 is 29.4 Å². The van der Waals surface area contributed by atoms with E-state index in [9.17, 15) is 9.59 Å². The molecule has 0 unspecified atom stereocenters. The zero-order valence-electron chi connectivity index (χ0n) is 8.17. The molecule has 0 aromatic heterocycles. The van der Waals surface area contributed by atoms with Gasteiger partial charge in [0.15, 0.2) is 5.37 Å². The Labute approximate surface area is 89.9 Å². The summed E-state index contributed by atoms with van der Waals surface area (Å²) >= 11 is 1.32. The van der Waals surface area contributed by atoms with E-state index < -0.39 is 28.0 Å². The molecule has 6 nitrogen and oxygen atoms in total. The first-order chi connectivity index (χ1) is 6.90. The van der Waals surface area contributed by atoms with Crippen molar-refractivity contribution in [2.24, 2.45) is 0 Å². The van der Waals surface area contributed by atoms with Crippen molar-refractivity contribution in [2.45, 2.75) is 30.0 Å². The van der Waals surface area contributed by atoms with Crippen LogP contribution in [0.4, 0.5) is 0 Å². The number of β-lactam (4-membered cyclic amide) rings is 1. The van der Waals surface area contributed by atoms with Crippen LogP contribution >= 0.6 is 11.8 Å². The molecule has 0 aliphatic carbocycles. The maximum atomic E-state index is 11.4. The van der Waals surface area contributed by atoms with Crippen LogP contribution in [0.2, 0.25) is 0 Å². The maximum Gasteiger partial charge on any atom is 0.388 e. The predicted octanol–water partition coefficient (Wildman–Crippen LogP) is -0.196. The Morgan fingerprint density at radius 2 is 2.27 bits per heavy atom. The van der Waals surface area contributed by atoms with Crippen LogP contribution < -0.4 is 0 Å². The Morgan fingerprint density at radius 3 is 2.73 bits per heavy atom. The van der Waals surface area contributed by atoms with Gasteiger partial charge in [-0.15, -0.1) is 11.8 Å². The number of aliphatic carboxylic acids is 1. The Bertz CT molecular complexity index is 413. The lowest BCUT2D eigenvalue weighted by molar-refractivity contribution is -0.153. The summed E-state index contributed by atoms with van der Waals surface area (Å²) in [6, 6.07) is -0.856. The van der Waals surface area contributed by atoms with E-state index in [1.54, 1.807) is 13.8 Å². The third kappa shape index (κ3) is 1.13. The smallest absolute Gasteiger partial charge is 0.388 e. The normalized spacial score (nSPS) is 32.0. The van der Waals surface area contributed by atoms with E-state index in [0.29, 0.717) is 0 Å². The molecule has 1 amide bonds. The van der Waals surface area contributed by atoms with Crippen LogP contribution in [0.15, 0.2) is 0 Å². The van der Waals surface area contributed by atoms with Gasteiger partial charge in [-0.3, -0.25) is 9.69 Å². The molecule has 2 rings (SSSR count). The van der Waals surface area contributed by atoms with Gasteiger partial charge < -0.3 is 10.6 Å². The van der Waals surface area contributed by atoms with Crippen molar-refractivity contribution in [3.8, 4) is 0 Å². The van der Waals surface area contributed by atoms with E-state index in [1.165, 1.54) is 16.7 Å². The second-order valence-corrected chi connectivity index (χ2v) is 5.75. The minimum absolute atomic E-state index is 0.0387. The molecule has 0 spiro atoms. The van der Waals surface area contributed by atoms with Crippen LogP contribution in [0.25, 0.3) is 5.53 Å². The van der Waals surface area contributed by atoms with Crippen LogP contribution in [-0.2, 0) is 9.59 Å². The molecule has 2 heterocycles. The molecule has 2 atom stereocenters. The Balaban J connectivity index is 2.40. The number of carboxylic acids is 1. The molecule has 1 N–H and O–H groups in total. The van der Waals surface area contributed by atoms with Gasteiger partial charge in [0, 0.05) is 4.75 Å². The summed E-state index contributed by atoms with van der Waals surface area (Å²) in [7, 11) is 0. The third-order valence-electron chi connectivity index (χ3n) is 2.63. The van der Waals surface area contributed by atoms with Crippen LogP contribution in [0.1, 0.15) is 13.8 Å². The molecule has 0 aromatic rings. The van der Waals surface area contributed by atoms with E-state index in [1.807, 2.05) is 0 Å². The average molecular weight is 227 g/mol. The molecule has 80 valence electrons. The molecule has 15 heavy (non-hydrogen) atoms. The first-order valence-electron chi connectivity index (χ1n) is 4.35. The molecule has 0 bridgehead atoms. The number of carboxylic acid groups (broad SMARTS) is 1. The monoisotopic (exact) mass is 227 g/mol. The van der Waals surface area contributed by atoms with E-state index >= 15 is 0 Å². The maximum absolute atomic E-state index is 11.4. The second-order valence-electron chi connectivity index (χ2n) is 4.01. The van der Waals surface area contributed by atoms with Gasteiger partial charge in [-0.05, 0) is 13.8 Å². The number of rotatable bonds is 1. The first-order valence-corrected chi connectivity index (χ1v) is 5.23. The SMILES string of the molecule is CC1(C)S[C@@H]2C(=[N+]=[N-])C(=O)N2[C@H]1C(=O)O. The molecule has 0 radical (unpaired) electrons. The Kier molecular flexibility index (Phi) is 1.93. The van der Waals surface area contributed by atoms with Gasteiger partial charge in [-0.2, -0.15) is 4.79 Å². The van der Waals surface area contributed by atoms with E-state index in [0.717, 1.165) is 0 Å². The molecule has 0 saturated carbocycles. The second kappa shape index (κ2) is 2.84. The lowest BCUT2D eigenvalue weighted by Crippen LogP contribution is -2.63. The fourth-order valence-electron chi connectivity index (χ4n) is 1.97. The summed E-state index contributed by atoms with van der Waals surface area (Å²) in [6.45, 7) is 3.52. The van der Waals surface area contributed by atoms with Crippen LogP contribution in [0.3, 0.4) is 0 Å². The largest absolute Gasteiger partial charge is 0.480 e. The van der Waals surface area contributed by atoms with Crippen molar-refractivity contribution in [3.63, 3.8) is 0 Å². The number of carbonyl (C=O) groups is 2. The summed E-state index contributed by atoms with van der Waals surface area (Å²) in [5.41, 5.74) is 8.62. The number of nitrogens with zero attached hydrogens (tertiary/aromatic N) is 3. The summed E-state index contributed by atoms with van der Waals surface area (Å²) in [4.78, 5) is 26.6. The average Bonchev–Trinajstić information content (AvgIpc) is 2.35. The molecule has 0 aromatic carbocycles. The summed E-state index contributed by atoms with van der Waals surface area (Å²) < 4.78 is -0.571. The van der Waals surface area contributed by atoms with Crippen molar-refractivity contribution in [3.05, 3.63) is 5.53 Å². The number of carbonyl (C=O) groups excluding carboxylic acids is 1. The van der Waals surface area contributed by atoms with Gasteiger partial charge >= 0.3 is 17.6 Å². The van der Waals surface area contributed by atoms with Gasteiger partial charge in [-0.1, -0.05) is 0 Å². The van der Waals surface area contributed by atoms with Crippen LogP contribution in [0, 0.1) is 0 Å². The highest BCUT2D eigenvalue weighted by Crippen LogP contribution is 2.49. The van der Waals surface area contributed by atoms with E-state index in [-0.39, 0.29) is 5.71 Å². The van der Waals surface area contributed by atoms with Gasteiger partial charge in [0.1, 0.15) is 6.04 Å². The lowest BCUT2D eigenvalue weighted by atomic mass is 9.98. The van der Waals surface area contributed by atoms with E-state index in [2.05, 4.69) is 4.79 Å². The van der Waals surface area contributed by atoms with Gasteiger partial charge in [0.25, 0.3) is 0 Å². The van der Waals surface area contributed by atoms with E-state index in [4.69, 9.17) is 10.6 Å². The highest BCUT2D eigenvalue weighted by atomic mass is 32.2. The lowest BCUT2D eigenvalue weighted by Gasteiger charge is -2.32. The van der Waals surface area contributed by atoms with Gasteiger partial charge in [-0.25, -0.2) is 4.79 Å². The summed E-state index contributed by atoms with van der Waals surface area (Å²) in [5, 5.41) is 8.62. The molecular weight excluding hydrogens is 218 g/mol. The molecule has 2 aliphatic heterocycles. The van der Waals surface area contributed by atoms with Crippen LogP contribution in [0.5, 0.6) is 0 Å². The number of hydrogen-bond donors (Lipinski definition) is 1. The third-order valence-corrected chi connectivity index (χ3v) is 4.14. The zero-order valence-corrected chi connectivity index (χ0v) is 8.98. The van der Waals surface area contributed by atoms with Crippen molar-refractivity contribution in [1.29, 1.82) is 0 Å². The van der Waals surface area contributed by atoms with Gasteiger partial charge in [0.2, 0.25) is 0 Å². The molecular formula is C8H9N3O3S. The molecule has 7 heteroatoms. The number of fused-ring (bicyclic) bond motifs is 1. The highest BCUT2D eigenvalue weighted by Gasteiger charge is 2.66. The molecule has 2 fully saturated rings. The highest BCUT2D eigenvalue weighted by molar-refractivity contribution is 8.02.